The second-order valence-electron chi connectivity index (χ2n) is 6.67. The van der Waals surface area contributed by atoms with Gasteiger partial charge in [0.15, 0.2) is 5.96 Å². The Morgan fingerprint density at radius 2 is 1.92 bits per heavy atom. The summed E-state index contributed by atoms with van der Waals surface area (Å²) in [5, 5.41) is 6.68. The van der Waals surface area contributed by atoms with Crippen molar-refractivity contribution in [2.24, 2.45) is 4.99 Å². The summed E-state index contributed by atoms with van der Waals surface area (Å²) in [6.45, 7) is 5.47. The van der Waals surface area contributed by atoms with Crippen molar-refractivity contribution >= 4 is 5.96 Å². The van der Waals surface area contributed by atoms with Crippen molar-refractivity contribution in [3.63, 3.8) is 0 Å². The fraction of sp³-hybridized carbons (Fsp3) is 0.381. The first-order chi connectivity index (χ1) is 12.6. The van der Waals surface area contributed by atoms with Crippen LogP contribution < -0.4 is 20.1 Å². The second-order valence-corrected chi connectivity index (χ2v) is 6.67. The number of fused-ring (bicyclic) bond motifs is 1. The van der Waals surface area contributed by atoms with E-state index in [-0.39, 0.29) is 12.2 Å². The molecule has 0 saturated heterocycles. The molecule has 1 aliphatic rings. The summed E-state index contributed by atoms with van der Waals surface area (Å²) in [7, 11) is 1.78. The van der Waals surface area contributed by atoms with E-state index in [1.54, 1.807) is 7.05 Å². The molecule has 2 aromatic carbocycles. The van der Waals surface area contributed by atoms with Crippen molar-refractivity contribution in [2.75, 3.05) is 13.6 Å². The summed E-state index contributed by atoms with van der Waals surface area (Å²) < 4.78 is 11.6. The maximum Gasteiger partial charge on any atom is 0.191 e. The number of para-hydroxylation sites is 1. The molecule has 0 bridgehead atoms. The lowest BCUT2D eigenvalue weighted by Crippen LogP contribution is -2.41. The van der Waals surface area contributed by atoms with Gasteiger partial charge in [0.1, 0.15) is 17.6 Å². The van der Waals surface area contributed by atoms with Crippen LogP contribution in [-0.2, 0) is 13.0 Å². The highest BCUT2D eigenvalue weighted by Gasteiger charge is 2.22. The van der Waals surface area contributed by atoms with Gasteiger partial charge in [-0.05, 0) is 43.2 Å². The van der Waals surface area contributed by atoms with Crippen LogP contribution in [0.1, 0.15) is 25.0 Å². The normalized spacial score (nSPS) is 16.2. The van der Waals surface area contributed by atoms with Crippen LogP contribution in [0.3, 0.4) is 0 Å². The van der Waals surface area contributed by atoms with Crippen molar-refractivity contribution in [1.29, 1.82) is 0 Å². The number of nitrogens with zero attached hydrogens (tertiary/aromatic N) is 1. The molecule has 0 amide bonds. The zero-order valence-corrected chi connectivity index (χ0v) is 15.7. The number of hydrogen-bond acceptors (Lipinski definition) is 3. The molecule has 5 nitrogen and oxygen atoms in total. The third-order valence-corrected chi connectivity index (χ3v) is 4.19. The highest BCUT2D eigenvalue weighted by Crippen LogP contribution is 2.27. The molecule has 0 spiro atoms. The van der Waals surface area contributed by atoms with Gasteiger partial charge >= 0.3 is 0 Å². The molecule has 0 aromatic heterocycles. The third kappa shape index (κ3) is 4.91. The molecule has 0 fully saturated rings. The minimum atomic E-state index is 0.137. The first kappa shape index (κ1) is 18.1. The minimum Gasteiger partial charge on any atom is -0.491 e. The first-order valence-electron chi connectivity index (χ1n) is 9.08. The molecule has 2 N–H and O–H groups in total. The fourth-order valence-corrected chi connectivity index (χ4v) is 2.94. The molecule has 1 atom stereocenters. The minimum absolute atomic E-state index is 0.137. The average Bonchev–Trinajstić information content (AvgIpc) is 3.05. The van der Waals surface area contributed by atoms with E-state index < -0.39 is 0 Å². The van der Waals surface area contributed by atoms with E-state index in [1.807, 2.05) is 38.1 Å². The maximum absolute atomic E-state index is 5.95. The quantitative estimate of drug-likeness (QED) is 0.619. The second kappa shape index (κ2) is 8.61. The van der Waals surface area contributed by atoms with Crippen molar-refractivity contribution in [2.45, 2.75) is 39.0 Å². The van der Waals surface area contributed by atoms with Crippen LogP contribution in [0.5, 0.6) is 11.5 Å². The van der Waals surface area contributed by atoms with Gasteiger partial charge < -0.3 is 20.1 Å². The van der Waals surface area contributed by atoms with Crippen molar-refractivity contribution in [3.05, 3.63) is 59.7 Å². The van der Waals surface area contributed by atoms with Gasteiger partial charge in [0, 0.05) is 20.0 Å². The average molecular weight is 353 g/mol. The molecule has 3 rings (SSSR count). The molecule has 5 heteroatoms. The van der Waals surface area contributed by atoms with Gasteiger partial charge in [-0.3, -0.25) is 4.99 Å². The van der Waals surface area contributed by atoms with Crippen LogP contribution in [0.4, 0.5) is 0 Å². The van der Waals surface area contributed by atoms with Gasteiger partial charge in [-0.15, -0.1) is 0 Å². The Kier molecular flexibility index (Phi) is 6.00. The number of nitrogens with one attached hydrogen (secondary N) is 2. The Morgan fingerprint density at radius 3 is 2.62 bits per heavy atom. The number of rotatable bonds is 6. The van der Waals surface area contributed by atoms with Gasteiger partial charge in [-0.1, -0.05) is 30.3 Å². The summed E-state index contributed by atoms with van der Waals surface area (Å²) in [6.07, 6.45) is 1.25. The van der Waals surface area contributed by atoms with Crippen LogP contribution in [0, 0.1) is 0 Å². The smallest absolute Gasteiger partial charge is 0.191 e. The Labute approximate surface area is 155 Å². The van der Waals surface area contributed by atoms with Gasteiger partial charge in [0.05, 0.1) is 12.6 Å². The van der Waals surface area contributed by atoms with E-state index in [2.05, 4.69) is 39.9 Å². The molecule has 0 radical (unpaired) electrons. The van der Waals surface area contributed by atoms with Crippen molar-refractivity contribution < 1.29 is 9.47 Å². The predicted molar refractivity (Wildman–Crippen MR) is 105 cm³/mol. The molecule has 1 unspecified atom stereocenters. The molecular weight excluding hydrogens is 326 g/mol. The highest BCUT2D eigenvalue weighted by atomic mass is 16.5. The summed E-state index contributed by atoms with van der Waals surface area (Å²) in [4.78, 5) is 4.28. The maximum atomic E-state index is 5.95. The van der Waals surface area contributed by atoms with Gasteiger partial charge in [-0.2, -0.15) is 0 Å². The van der Waals surface area contributed by atoms with Gasteiger partial charge in [0.2, 0.25) is 0 Å². The Hall–Kier alpha value is -2.69. The van der Waals surface area contributed by atoms with E-state index in [0.29, 0.717) is 6.54 Å². The number of benzene rings is 2. The molecule has 0 aliphatic carbocycles. The first-order valence-corrected chi connectivity index (χ1v) is 9.08. The van der Waals surface area contributed by atoms with E-state index >= 15 is 0 Å². The lowest BCUT2D eigenvalue weighted by Gasteiger charge is -2.16. The lowest BCUT2D eigenvalue weighted by molar-refractivity contribution is 0.235. The largest absolute Gasteiger partial charge is 0.491 e. The number of guanidine groups is 1. The highest BCUT2D eigenvalue weighted by molar-refractivity contribution is 5.79. The van der Waals surface area contributed by atoms with Gasteiger partial charge in [0.25, 0.3) is 0 Å². The van der Waals surface area contributed by atoms with E-state index in [9.17, 15) is 0 Å². The summed E-state index contributed by atoms with van der Waals surface area (Å²) in [5.74, 6) is 2.65. The van der Waals surface area contributed by atoms with Gasteiger partial charge in [-0.25, -0.2) is 0 Å². The Morgan fingerprint density at radius 1 is 1.15 bits per heavy atom. The molecule has 26 heavy (non-hydrogen) atoms. The molecule has 1 heterocycles. The number of ether oxygens (including phenoxy) is 2. The van der Waals surface area contributed by atoms with Crippen molar-refractivity contribution in [3.8, 4) is 11.5 Å². The fourth-order valence-electron chi connectivity index (χ4n) is 2.94. The van der Waals surface area contributed by atoms with E-state index in [4.69, 9.17) is 9.47 Å². The Bertz CT molecular complexity index is 716. The van der Waals surface area contributed by atoms with Crippen LogP contribution >= 0.6 is 0 Å². The number of aliphatic imine (C=N–C) groups is 1. The third-order valence-electron chi connectivity index (χ3n) is 4.19. The summed E-state index contributed by atoms with van der Waals surface area (Å²) in [6, 6.07) is 16.3. The standard InChI is InChI=1S/C21H27N3O2/c1-15(2)25-18-10-8-16(9-11-18)13-23-21(22-3)24-14-19-12-17-6-4-5-7-20(17)26-19/h4-11,15,19H,12-14H2,1-3H3,(H2,22,23,24). The van der Waals surface area contributed by atoms with Crippen LogP contribution in [0.15, 0.2) is 53.5 Å². The Balaban J connectivity index is 1.44. The zero-order chi connectivity index (χ0) is 18.4. The van der Waals surface area contributed by atoms with Crippen molar-refractivity contribution in [1.82, 2.24) is 10.6 Å². The summed E-state index contributed by atoms with van der Waals surface area (Å²) >= 11 is 0. The molecule has 2 aromatic rings. The number of hydrogen-bond donors (Lipinski definition) is 2. The van der Waals surface area contributed by atoms with Crippen LogP contribution in [-0.4, -0.2) is 31.8 Å². The topological polar surface area (TPSA) is 54.9 Å². The van der Waals surface area contributed by atoms with Crippen LogP contribution in [0.25, 0.3) is 0 Å². The molecular formula is C21H27N3O2. The summed E-state index contributed by atoms with van der Waals surface area (Å²) in [5.41, 5.74) is 2.44. The lowest BCUT2D eigenvalue weighted by atomic mass is 10.1. The van der Waals surface area contributed by atoms with E-state index in [0.717, 1.165) is 30.4 Å². The zero-order valence-electron chi connectivity index (χ0n) is 15.7. The van der Waals surface area contributed by atoms with E-state index in [1.165, 1.54) is 11.1 Å². The molecule has 1 aliphatic heterocycles. The predicted octanol–water partition coefficient (Wildman–Crippen LogP) is 3.14. The SMILES string of the molecule is CN=C(NCc1ccc(OC(C)C)cc1)NCC1Cc2ccccc2O1. The molecule has 0 saturated carbocycles. The molecule has 138 valence electrons. The monoisotopic (exact) mass is 353 g/mol. The van der Waals surface area contributed by atoms with Crippen LogP contribution in [0.2, 0.25) is 0 Å².